The zero-order chi connectivity index (χ0) is 21.8. The van der Waals surface area contributed by atoms with Crippen LogP contribution in [0.15, 0.2) is 54.2 Å². The molecule has 162 valence electrons. The van der Waals surface area contributed by atoms with Crippen LogP contribution in [0.25, 0.3) is 5.57 Å². The number of ether oxygens (including phenoxy) is 1. The molecule has 0 spiro atoms. The molecule has 2 aliphatic heterocycles. The monoisotopic (exact) mass is 422 g/mol. The molecule has 0 aliphatic carbocycles. The second kappa shape index (κ2) is 9.33. The van der Waals surface area contributed by atoms with E-state index in [-0.39, 0.29) is 24.2 Å². The van der Waals surface area contributed by atoms with E-state index in [4.69, 9.17) is 4.74 Å². The van der Waals surface area contributed by atoms with Crippen molar-refractivity contribution in [2.24, 2.45) is 0 Å². The van der Waals surface area contributed by atoms with Gasteiger partial charge in [0.15, 0.2) is 0 Å². The van der Waals surface area contributed by atoms with E-state index in [1.807, 2.05) is 36.1 Å². The molecular weight excluding hydrogens is 395 g/mol. The second-order valence-corrected chi connectivity index (χ2v) is 7.97. The number of nitrogens with zero attached hydrogens (tertiary/aromatic N) is 2. The number of carbonyl (C=O) groups is 2. The number of imide groups is 1. The van der Waals surface area contributed by atoms with E-state index < -0.39 is 0 Å². The molecule has 2 amide bonds. The van der Waals surface area contributed by atoms with Gasteiger partial charge in [-0.1, -0.05) is 31.2 Å². The molecule has 31 heavy (non-hydrogen) atoms. The Labute approximate surface area is 182 Å². The number of amides is 2. The van der Waals surface area contributed by atoms with Crippen LogP contribution in [0.4, 0.5) is 4.39 Å². The first-order valence-electron chi connectivity index (χ1n) is 10.9. The number of hydrogen-bond acceptors (Lipinski definition) is 4. The minimum atomic E-state index is -0.346. The molecule has 6 heteroatoms. The Morgan fingerprint density at radius 3 is 2.23 bits per heavy atom. The fourth-order valence-corrected chi connectivity index (χ4v) is 4.09. The van der Waals surface area contributed by atoms with Gasteiger partial charge in [-0.15, -0.1) is 0 Å². The van der Waals surface area contributed by atoms with E-state index in [1.165, 1.54) is 17.0 Å². The zero-order valence-corrected chi connectivity index (χ0v) is 17.8. The summed E-state index contributed by atoms with van der Waals surface area (Å²) in [4.78, 5) is 30.1. The minimum absolute atomic E-state index is 0.122. The highest BCUT2D eigenvalue weighted by molar-refractivity contribution is 6.35. The summed E-state index contributed by atoms with van der Waals surface area (Å²) in [5.41, 5.74) is 2.35. The van der Waals surface area contributed by atoms with Crippen molar-refractivity contribution in [3.63, 3.8) is 0 Å². The van der Waals surface area contributed by atoms with E-state index in [1.54, 1.807) is 12.1 Å². The van der Waals surface area contributed by atoms with Crippen LogP contribution in [-0.2, 0) is 16.1 Å². The predicted molar refractivity (Wildman–Crippen MR) is 117 cm³/mol. The summed E-state index contributed by atoms with van der Waals surface area (Å²) in [5, 5.41) is 0. The highest BCUT2D eigenvalue weighted by Gasteiger charge is 2.41. The minimum Gasteiger partial charge on any atom is -0.494 e. The van der Waals surface area contributed by atoms with Crippen LogP contribution in [-0.4, -0.2) is 41.3 Å². The van der Waals surface area contributed by atoms with Gasteiger partial charge in [-0.05, 0) is 61.1 Å². The number of rotatable bonds is 7. The predicted octanol–water partition coefficient (Wildman–Crippen LogP) is 4.38. The molecule has 0 unspecified atom stereocenters. The van der Waals surface area contributed by atoms with Gasteiger partial charge in [-0.2, -0.15) is 0 Å². The van der Waals surface area contributed by atoms with Gasteiger partial charge in [0, 0.05) is 13.1 Å². The summed E-state index contributed by atoms with van der Waals surface area (Å²) in [6, 6.07) is 13.3. The van der Waals surface area contributed by atoms with Crippen LogP contribution in [0.2, 0.25) is 0 Å². The molecule has 0 saturated carbocycles. The van der Waals surface area contributed by atoms with E-state index in [9.17, 15) is 14.0 Å². The van der Waals surface area contributed by atoms with Gasteiger partial charge in [0.05, 0.1) is 18.7 Å². The molecule has 2 aromatic rings. The second-order valence-electron chi connectivity index (χ2n) is 7.97. The molecule has 2 aliphatic rings. The Hall–Kier alpha value is -3.15. The summed E-state index contributed by atoms with van der Waals surface area (Å²) in [7, 11) is 0. The molecule has 0 atom stereocenters. The van der Waals surface area contributed by atoms with Crippen molar-refractivity contribution < 1.29 is 18.7 Å². The standard InChI is InChI=1S/C25H27FN2O3/c1-2-16-31-21-12-8-19(9-13-21)22-23(27-14-4-3-5-15-27)25(30)28(24(22)29)17-18-6-10-20(26)11-7-18/h6-13H,2-5,14-17H2,1H3. The number of carbonyl (C=O) groups excluding carboxylic acids is 2. The van der Waals surface area contributed by atoms with Gasteiger partial charge in [-0.25, -0.2) is 4.39 Å². The lowest BCUT2D eigenvalue weighted by molar-refractivity contribution is -0.138. The van der Waals surface area contributed by atoms with Gasteiger partial charge in [0.1, 0.15) is 17.3 Å². The number of piperidine rings is 1. The van der Waals surface area contributed by atoms with Crippen LogP contribution in [0.5, 0.6) is 5.75 Å². The first-order valence-corrected chi connectivity index (χ1v) is 10.9. The Balaban J connectivity index is 1.67. The largest absolute Gasteiger partial charge is 0.494 e. The summed E-state index contributed by atoms with van der Waals surface area (Å²) in [5.74, 6) is -0.193. The Bertz CT molecular complexity index is 977. The van der Waals surface area contributed by atoms with Crippen molar-refractivity contribution in [3.8, 4) is 5.75 Å². The molecule has 1 fully saturated rings. The topological polar surface area (TPSA) is 49.9 Å². The van der Waals surface area contributed by atoms with Crippen molar-refractivity contribution in [2.75, 3.05) is 19.7 Å². The average molecular weight is 423 g/mol. The Morgan fingerprint density at radius 1 is 0.903 bits per heavy atom. The fraction of sp³-hybridized carbons (Fsp3) is 0.360. The number of likely N-dealkylation sites (tertiary alicyclic amines) is 1. The van der Waals surface area contributed by atoms with Gasteiger partial charge >= 0.3 is 0 Å². The summed E-state index contributed by atoms with van der Waals surface area (Å²) >= 11 is 0. The van der Waals surface area contributed by atoms with E-state index in [2.05, 4.69) is 0 Å². The van der Waals surface area contributed by atoms with Crippen LogP contribution >= 0.6 is 0 Å². The average Bonchev–Trinajstić information content (AvgIpc) is 3.05. The summed E-state index contributed by atoms with van der Waals surface area (Å²) < 4.78 is 18.9. The fourth-order valence-electron chi connectivity index (χ4n) is 4.09. The van der Waals surface area contributed by atoms with Crippen molar-refractivity contribution in [1.82, 2.24) is 9.80 Å². The smallest absolute Gasteiger partial charge is 0.278 e. The quantitative estimate of drug-likeness (QED) is 0.622. The first-order chi connectivity index (χ1) is 15.1. The molecule has 0 bridgehead atoms. The highest BCUT2D eigenvalue weighted by Crippen LogP contribution is 2.34. The SMILES string of the molecule is CCCOc1ccc(C2=C(N3CCCCC3)C(=O)N(Cc3ccc(F)cc3)C2=O)cc1. The van der Waals surface area contributed by atoms with Gasteiger partial charge in [-0.3, -0.25) is 14.5 Å². The summed E-state index contributed by atoms with van der Waals surface area (Å²) in [6.07, 6.45) is 4.04. The lowest BCUT2D eigenvalue weighted by Crippen LogP contribution is -2.36. The third-order valence-corrected chi connectivity index (χ3v) is 5.69. The van der Waals surface area contributed by atoms with Gasteiger partial charge < -0.3 is 9.64 Å². The lowest BCUT2D eigenvalue weighted by Gasteiger charge is -2.29. The van der Waals surface area contributed by atoms with Crippen molar-refractivity contribution >= 4 is 17.4 Å². The van der Waals surface area contributed by atoms with Crippen LogP contribution in [0, 0.1) is 5.82 Å². The molecule has 1 saturated heterocycles. The zero-order valence-electron chi connectivity index (χ0n) is 17.8. The van der Waals surface area contributed by atoms with Crippen molar-refractivity contribution in [3.05, 3.63) is 71.2 Å². The Kier molecular flexibility index (Phi) is 6.35. The molecule has 0 N–H and O–H groups in total. The number of hydrogen-bond donors (Lipinski definition) is 0. The molecule has 4 rings (SSSR count). The summed E-state index contributed by atoms with van der Waals surface area (Å²) in [6.45, 7) is 4.32. The molecule has 2 aromatic carbocycles. The molecular formula is C25H27FN2O3. The molecule has 0 aromatic heterocycles. The van der Waals surface area contributed by atoms with Crippen molar-refractivity contribution in [1.29, 1.82) is 0 Å². The van der Waals surface area contributed by atoms with E-state index in [0.29, 0.717) is 29.0 Å². The Morgan fingerprint density at radius 2 is 1.58 bits per heavy atom. The van der Waals surface area contributed by atoms with Crippen LogP contribution < -0.4 is 4.74 Å². The maximum Gasteiger partial charge on any atom is 0.278 e. The maximum absolute atomic E-state index is 13.4. The van der Waals surface area contributed by atoms with Gasteiger partial charge in [0.25, 0.3) is 11.8 Å². The molecule has 2 heterocycles. The first kappa shape index (κ1) is 21.1. The molecule has 0 radical (unpaired) electrons. The highest BCUT2D eigenvalue weighted by atomic mass is 19.1. The number of halogens is 1. The lowest BCUT2D eigenvalue weighted by atomic mass is 10.0. The normalized spacial score (nSPS) is 17.0. The van der Waals surface area contributed by atoms with Gasteiger partial charge in [0.2, 0.25) is 0 Å². The number of benzene rings is 2. The van der Waals surface area contributed by atoms with E-state index in [0.717, 1.165) is 44.5 Å². The third kappa shape index (κ3) is 4.48. The van der Waals surface area contributed by atoms with Crippen LogP contribution in [0.1, 0.15) is 43.7 Å². The van der Waals surface area contributed by atoms with Crippen LogP contribution in [0.3, 0.4) is 0 Å². The van der Waals surface area contributed by atoms with E-state index >= 15 is 0 Å². The third-order valence-electron chi connectivity index (χ3n) is 5.69. The molecule has 5 nitrogen and oxygen atoms in total. The maximum atomic E-state index is 13.4. The van der Waals surface area contributed by atoms with Crippen molar-refractivity contribution in [2.45, 2.75) is 39.2 Å².